The second-order valence-corrected chi connectivity index (χ2v) is 3.49. The van der Waals surface area contributed by atoms with Gasteiger partial charge in [0.25, 0.3) is 0 Å². The molecule has 1 aromatic rings. The van der Waals surface area contributed by atoms with Crippen molar-refractivity contribution in [1.82, 2.24) is 4.98 Å². The summed E-state index contributed by atoms with van der Waals surface area (Å²) in [6, 6.07) is 3.70. The van der Waals surface area contributed by atoms with Crippen molar-refractivity contribution in [3.8, 4) is 5.75 Å². The molecular weight excluding hydrogens is 234 g/mol. The van der Waals surface area contributed by atoms with Crippen LogP contribution in [0, 0.1) is 0 Å². The number of hydrogen-bond acceptors (Lipinski definition) is 3. The van der Waals surface area contributed by atoms with E-state index < -0.39 is 0 Å². The molecule has 0 aliphatic rings. The van der Waals surface area contributed by atoms with Crippen molar-refractivity contribution in [3.05, 3.63) is 22.9 Å². The highest BCUT2D eigenvalue weighted by Crippen LogP contribution is 2.12. The molecule has 0 spiro atoms. The molecule has 0 radical (unpaired) electrons. The fourth-order valence-corrected chi connectivity index (χ4v) is 0.964. The second-order valence-electron chi connectivity index (χ2n) is 2.67. The van der Waals surface area contributed by atoms with Crippen LogP contribution in [0.4, 0.5) is 0 Å². The lowest BCUT2D eigenvalue weighted by atomic mass is 10.4. The van der Waals surface area contributed by atoms with Crippen molar-refractivity contribution in [2.45, 2.75) is 13.0 Å². The standard InChI is InChI=1S/C9H12BrNO2/c1-7(12-2)6-13-8-3-4-9(10)11-5-8/h3-5,7H,6H2,1-2H3. The van der Waals surface area contributed by atoms with Gasteiger partial charge in [0.2, 0.25) is 0 Å². The minimum atomic E-state index is 0.101. The summed E-state index contributed by atoms with van der Waals surface area (Å²) in [6.07, 6.45) is 1.77. The van der Waals surface area contributed by atoms with Crippen LogP contribution in [0.1, 0.15) is 6.92 Å². The SMILES string of the molecule is COC(C)COc1ccc(Br)nc1. The summed E-state index contributed by atoms with van der Waals surface area (Å²) in [5.74, 6) is 0.757. The fourth-order valence-electron chi connectivity index (χ4n) is 0.729. The summed E-state index contributed by atoms with van der Waals surface area (Å²) in [6.45, 7) is 2.49. The van der Waals surface area contributed by atoms with E-state index in [1.807, 2.05) is 19.1 Å². The highest BCUT2D eigenvalue weighted by molar-refractivity contribution is 9.10. The van der Waals surface area contributed by atoms with E-state index in [1.165, 1.54) is 0 Å². The van der Waals surface area contributed by atoms with Gasteiger partial charge in [-0.25, -0.2) is 4.98 Å². The molecule has 0 saturated carbocycles. The van der Waals surface area contributed by atoms with Crippen LogP contribution < -0.4 is 4.74 Å². The molecule has 0 aliphatic carbocycles. The lowest BCUT2D eigenvalue weighted by molar-refractivity contribution is 0.0715. The highest BCUT2D eigenvalue weighted by atomic mass is 79.9. The van der Waals surface area contributed by atoms with E-state index in [9.17, 15) is 0 Å². The molecule has 0 aliphatic heterocycles. The van der Waals surface area contributed by atoms with Gasteiger partial charge in [0, 0.05) is 7.11 Å². The number of nitrogens with zero attached hydrogens (tertiary/aromatic N) is 1. The van der Waals surface area contributed by atoms with Crippen molar-refractivity contribution in [1.29, 1.82) is 0 Å². The van der Waals surface area contributed by atoms with Crippen LogP contribution >= 0.6 is 15.9 Å². The molecule has 0 fully saturated rings. The molecule has 72 valence electrons. The first-order valence-corrected chi connectivity index (χ1v) is 4.79. The van der Waals surface area contributed by atoms with Crippen molar-refractivity contribution in [2.24, 2.45) is 0 Å². The van der Waals surface area contributed by atoms with E-state index in [0.29, 0.717) is 6.61 Å². The molecule has 0 amide bonds. The largest absolute Gasteiger partial charge is 0.489 e. The lowest BCUT2D eigenvalue weighted by Gasteiger charge is -2.10. The number of methoxy groups -OCH3 is 1. The number of ether oxygens (including phenoxy) is 2. The second kappa shape index (κ2) is 5.19. The Morgan fingerprint density at radius 2 is 2.31 bits per heavy atom. The van der Waals surface area contributed by atoms with Gasteiger partial charge in [0.05, 0.1) is 12.3 Å². The number of rotatable bonds is 4. The van der Waals surface area contributed by atoms with E-state index in [1.54, 1.807) is 13.3 Å². The molecular formula is C9H12BrNO2. The monoisotopic (exact) mass is 245 g/mol. The van der Waals surface area contributed by atoms with Gasteiger partial charge in [-0.3, -0.25) is 0 Å². The van der Waals surface area contributed by atoms with Crippen LogP contribution in [0.5, 0.6) is 5.75 Å². The molecule has 1 unspecified atom stereocenters. The fraction of sp³-hybridized carbons (Fsp3) is 0.444. The normalized spacial score (nSPS) is 12.5. The van der Waals surface area contributed by atoms with Crippen molar-refractivity contribution < 1.29 is 9.47 Å². The zero-order chi connectivity index (χ0) is 9.68. The third-order valence-electron chi connectivity index (χ3n) is 1.59. The summed E-state index contributed by atoms with van der Waals surface area (Å²) < 4.78 is 11.3. The minimum absolute atomic E-state index is 0.101. The Balaban J connectivity index is 2.41. The Bertz CT molecular complexity index is 250. The van der Waals surface area contributed by atoms with E-state index in [-0.39, 0.29) is 6.10 Å². The zero-order valence-corrected chi connectivity index (χ0v) is 9.24. The van der Waals surface area contributed by atoms with Crippen molar-refractivity contribution in [3.63, 3.8) is 0 Å². The third-order valence-corrected chi connectivity index (χ3v) is 2.06. The van der Waals surface area contributed by atoms with Crippen LogP contribution in [0.25, 0.3) is 0 Å². The van der Waals surface area contributed by atoms with Crippen LogP contribution in [-0.4, -0.2) is 24.8 Å². The Morgan fingerprint density at radius 1 is 1.54 bits per heavy atom. The van der Waals surface area contributed by atoms with Gasteiger partial charge in [-0.05, 0) is 35.0 Å². The molecule has 0 aromatic carbocycles. The van der Waals surface area contributed by atoms with Gasteiger partial charge in [-0.15, -0.1) is 0 Å². The summed E-state index contributed by atoms with van der Waals surface area (Å²) in [5, 5.41) is 0. The maximum Gasteiger partial charge on any atom is 0.137 e. The van der Waals surface area contributed by atoms with Crippen molar-refractivity contribution >= 4 is 15.9 Å². The van der Waals surface area contributed by atoms with Crippen LogP contribution in [-0.2, 0) is 4.74 Å². The molecule has 0 saturated heterocycles. The lowest BCUT2D eigenvalue weighted by Crippen LogP contribution is -2.15. The van der Waals surface area contributed by atoms with Crippen LogP contribution in [0.2, 0.25) is 0 Å². The molecule has 0 bridgehead atoms. The van der Waals surface area contributed by atoms with Crippen LogP contribution in [0.15, 0.2) is 22.9 Å². The molecule has 4 heteroatoms. The first-order chi connectivity index (χ1) is 6.22. The van der Waals surface area contributed by atoms with E-state index in [0.717, 1.165) is 10.4 Å². The molecule has 0 N–H and O–H groups in total. The highest BCUT2D eigenvalue weighted by Gasteiger charge is 2.00. The summed E-state index contributed by atoms with van der Waals surface area (Å²) in [5.41, 5.74) is 0. The summed E-state index contributed by atoms with van der Waals surface area (Å²) >= 11 is 3.25. The topological polar surface area (TPSA) is 31.4 Å². The van der Waals surface area contributed by atoms with Crippen LogP contribution in [0.3, 0.4) is 0 Å². The Kier molecular flexibility index (Phi) is 4.18. The van der Waals surface area contributed by atoms with Gasteiger partial charge in [-0.1, -0.05) is 0 Å². The van der Waals surface area contributed by atoms with E-state index in [2.05, 4.69) is 20.9 Å². The summed E-state index contributed by atoms with van der Waals surface area (Å²) in [7, 11) is 1.66. The van der Waals surface area contributed by atoms with Gasteiger partial charge in [-0.2, -0.15) is 0 Å². The van der Waals surface area contributed by atoms with E-state index >= 15 is 0 Å². The maximum atomic E-state index is 5.41. The number of pyridine rings is 1. The van der Waals surface area contributed by atoms with Gasteiger partial charge >= 0.3 is 0 Å². The van der Waals surface area contributed by atoms with Crippen molar-refractivity contribution in [2.75, 3.05) is 13.7 Å². The third kappa shape index (κ3) is 3.74. The Morgan fingerprint density at radius 3 is 2.85 bits per heavy atom. The molecule has 1 heterocycles. The number of halogens is 1. The quantitative estimate of drug-likeness (QED) is 0.763. The maximum absolute atomic E-state index is 5.41. The van der Waals surface area contributed by atoms with Gasteiger partial charge in [0.1, 0.15) is 17.0 Å². The molecule has 13 heavy (non-hydrogen) atoms. The predicted molar refractivity (Wildman–Crippen MR) is 53.9 cm³/mol. The molecule has 3 nitrogen and oxygen atoms in total. The Hall–Kier alpha value is -0.610. The minimum Gasteiger partial charge on any atom is -0.489 e. The first kappa shape index (κ1) is 10.5. The molecule has 1 rings (SSSR count). The van der Waals surface area contributed by atoms with E-state index in [4.69, 9.17) is 9.47 Å². The molecule has 1 aromatic heterocycles. The number of aromatic nitrogens is 1. The average Bonchev–Trinajstić information content (AvgIpc) is 2.16. The van der Waals surface area contributed by atoms with Gasteiger partial charge in [0.15, 0.2) is 0 Å². The summed E-state index contributed by atoms with van der Waals surface area (Å²) in [4.78, 5) is 4.03. The predicted octanol–water partition coefficient (Wildman–Crippen LogP) is 2.26. The first-order valence-electron chi connectivity index (χ1n) is 3.99. The zero-order valence-electron chi connectivity index (χ0n) is 7.66. The smallest absolute Gasteiger partial charge is 0.137 e. The van der Waals surface area contributed by atoms with Gasteiger partial charge < -0.3 is 9.47 Å². The Labute approximate surface area is 86.2 Å². The number of hydrogen-bond donors (Lipinski definition) is 0. The average molecular weight is 246 g/mol. The molecule has 1 atom stereocenters.